The lowest BCUT2D eigenvalue weighted by Gasteiger charge is -2.35. The van der Waals surface area contributed by atoms with Gasteiger partial charge < -0.3 is 5.11 Å². The van der Waals surface area contributed by atoms with Gasteiger partial charge in [0.1, 0.15) is 0 Å². The summed E-state index contributed by atoms with van der Waals surface area (Å²) in [5.41, 5.74) is 3.85. The van der Waals surface area contributed by atoms with Crippen LogP contribution in [0.2, 0.25) is 0 Å². The summed E-state index contributed by atoms with van der Waals surface area (Å²) >= 11 is 0. The van der Waals surface area contributed by atoms with Crippen molar-refractivity contribution in [3.8, 4) is 11.3 Å². The lowest BCUT2D eigenvalue weighted by molar-refractivity contribution is 0.0689. The zero-order valence-electron chi connectivity index (χ0n) is 14.0. The van der Waals surface area contributed by atoms with Crippen LogP contribution in [0.1, 0.15) is 61.5 Å². The smallest absolute Gasteiger partial charge is 0.356 e. The summed E-state index contributed by atoms with van der Waals surface area (Å²) in [6.07, 6.45) is 4.84. The molecule has 0 unspecified atom stereocenters. The molecule has 1 heterocycles. The van der Waals surface area contributed by atoms with Gasteiger partial charge in [-0.2, -0.15) is 5.10 Å². The summed E-state index contributed by atoms with van der Waals surface area (Å²) in [6, 6.07) is 10.0. The van der Waals surface area contributed by atoms with Crippen molar-refractivity contribution in [1.82, 2.24) is 9.78 Å². The first-order chi connectivity index (χ1) is 10.9. The fourth-order valence-electron chi connectivity index (χ4n) is 3.62. The third-order valence-corrected chi connectivity index (χ3v) is 5.11. The molecular weight excluding hydrogens is 288 g/mol. The second kappa shape index (κ2) is 5.84. The van der Waals surface area contributed by atoms with Crippen molar-refractivity contribution >= 4 is 5.97 Å². The zero-order chi connectivity index (χ0) is 16.6. The Morgan fingerprint density at radius 3 is 2.52 bits per heavy atom. The van der Waals surface area contributed by atoms with Gasteiger partial charge in [0, 0.05) is 12.6 Å². The number of benzene rings is 1. The Balaban J connectivity index is 1.97. The molecule has 0 atom stereocenters. The van der Waals surface area contributed by atoms with E-state index >= 15 is 0 Å². The largest absolute Gasteiger partial charge is 0.476 e. The van der Waals surface area contributed by atoms with Gasteiger partial charge in [0.2, 0.25) is 0 Å². The molecular formula is C19H24N2O2. The standard InChI is InChI=1S/C19H24N2O2/c1-19(2)10-8-13(9-11-19)14-6-4-5-7-15(14)17-12-16(18(22)23)20-21(17)3/h4-7,12-13H,8-11H2,1-3H3,(H,22,23). The zero-order valence-corrected chi connectivity index (χ0v) is 14.0. The maximum absolute atomic E-state index is 11.2. The highest BCUT2D eigenvalue weighted by Gasteiger charge is 2.29. The van der Waals surface area contributed by atoms with E-state index in [0.717, 1.165) is 11.3 Å². The van der Waals surface area contributed by atoms with Crippen LogP contribution < -0.4 is 0 Å². The lowest BCUT2D eigenvalue weighted by atomic mass is 9.70. The minimum Gasteiger partial charge on any atom is -0.476 e. The molecule has 1 N–H and O–H groups in total. The molecule has 4 nitrogen and oxygen atoms in total. The minimum atomic E-state index is -0.983. The molecule has 1 aromatic carbocycles. The van der Waals surface area contributed by atoms with Crippen LogP contribution in [0, 0.1) is 5.41 Å². The van der Waals surface area contributed by atoms with Gasteiger partial charge in [-0.25, -0.2) is 4.79 Å². The molecule has 4 heteroatoms. The number of hydrogen-bond donors (Lipinski definition) is 1. The van der Waals surface area contributed by atoms with Crippen molar-refractivity contribution in [2.24, 2.45) is 12.5 Å². The van der Waals surface area contributed by atoms with Crippen LogP contribution in [0.3, 0.4) is 0 Å². The summed E-state index contributed by atoms with van der Waals surface area (Å²) in [4.78, 5) is 11.2. The number of carbonyl (C=O) groups is 1. The van der Waals surface area contributed by atoms with E-state index in [0.29, 0.717) is 11.3 Å². The van der Waals surface area contributed by atoms with Gasteiger partial charge in [-0.05, 0) is 48.6 Å². The SMILES string of the molecule is Cn1nc(C(=O)O)cc1-c1ccccc1C1CCC(C)(C)CC1. The summed E-state index contributed by atoms with van der Waals surface area (Å²) < 4.78 is 1.68. The van der Waals surface area contributed by atoms with Gasteiger partial charge in [0.15, 0.2) is 5.69 Å². The van der Waals surface area contributed by atoms with Crippen molar-refractivity contribution in [1.29, 1.82) is 0 Å². The molecule has 1 aliphatic rings. The Kier molecular flexibility index (Phi) is 4.00. The molecule has 0 bridgehead atoms. The summed E-state index contributed by atoms with van der Waals surface area (Å²) in [5.74, 6) is -0.439. The van der Waals surface area contributed by atoms with Crippen molar-refractivity contribution in [2.75, 3.05) is 0 Å². The molecule has 0 aliphatic heterocycles. The Morgan fingerprint density at radius 1 is 1.26 bits per heavy atom. The van der Waals surface area contributed by atoms with E-state index in [1.165, 1.54) is 31.2 Å². The number of hydrogen-bond acceptors (Lipinski definition) is 2. The highest BCUT2D eigenvalue weighted by molar-refractivity contribution is 5.87. The molecule has 0 spiro atoms. The second-order valence-electron chi connectivity index (χ2n) is 7.37. The van der Waals surface area contributed by atoms with E-state index in [1.807, 2.05) is 13.1 Å². The van der Waals surface area contributed by atoms with Crippen molar-refractivity contribution in [3.05, 3.63) is 41.6 Å². The Morgan fingerprint density at radius 2 is 1.91 bits per heavy atom. The molecule has 23 heavy (non-hydrogen) atoms. The minimum absolute atomic E-state index is 0.0991. The van der Waals surface area contributed by atoms with E-state index in [1.54, 1.807) is 10.7 Å². The van der Waals surface area contributed by atoms with Gasteiger partial charge in [0.25, 0.3) is 0 Å². The second-order valence-corrected chi connectivity index (χ2v) is 7.37. The van der Waals surface area contributed by atoms with Crippen LogP contribution >= 0.6 is 0 Å². The third-order valence-electron chi connectivity index (χ3n) is 5.11. The molecule has 122 valence electrons. The Labute approximate surface area is 137 Å². The summed E-state index contributed by atoms with van der Waals surface area (Å²) in [7, 11) is 1.81. The average Bonchev–Trinajstić information content (AvgIpc) is 2.89. The van der Waals surface area contributed by atoms with Crippen LogP contribution in [0.15, 0.2) is 30.3 Å². The first-order valence-corrected chi connectivity index (χ1v) is 8.24. The summed E-state index contributed by atoms with van der Waals surface area (Å²) in [5, 5.41) is 13.3. The van der Waals surface area contributed by atoms with Gasteiger partial charge in [-0.3, -0.25) is 4.68 Å². The van der Waals surface area contributed by atoms with E-state index in [9.17, 15) is 4.79 Å². The first-order valence-electron chi connectivity index (χ1n) is 8.24. The van der Waals surface area contributed by atoms with Crippen molar-refractivity contribution < 1.29 is 9.90 Å². The highest BCUT2D eigenvalue weighted by Crippen LogP contribution is 2.44. The highest BCUT2D eigenvalue weighted by atomic mass is 16.4. The number of aromatic nitrogens is 2. The van der Waals surface area contributed by atoms with Crippen molar-refractivity contribution in [3.63, 3.8) is 0 Å². The van der Waals surface area contributed by atoms with Crippen LogP contribution in [-0.4, -0.2) is 20.9 Å². The van der Waals surface area contributed by atoms with E-state index < -0.39 is 5.97 Å². The Hall–Kier alpha value is -2.10. The maximum Gasteiger partial charge on any atom is 0.356 e. The van der Waals surface area contributed by atoms with Crippen LogP contribution in [0.5, 0.6) is 0 Å². The predicted octanol–water partition coefficient (Wildman–Crippen LogP) is 4.47. The fourth-order valence-corrected chi connectivity index (χ4v) is 3.62. The normalized spacial score (nSPS) is 18.0. The monoisotopic (exact) mass is 312 g/mol. The first kappa shape index (κ1) is 15.8. The number of aryl methyl sites for hydroxylation is 1. The summed E-state index contributed by atoms with van der Waals surface area (Å²) in [6.45, 7) is 4.69. The maximum atomic E-state index is 11.2. The van der Waals surface area contributed by atoms with Gasteiger partial charge in [-0.1, -0.05) is 38.1 Å². The topological polar surface area (TPSA) is 55.1 Å². The van der Waals surface area contributed by atoms with E-state index in [-0.39, 0.29) is 5.69 Å². The average molecular weight is 312 g/mol. The number of carboxylic acid groups (broad SMARTS) is 1. The van der Waals surface area contributed by atoms with E-state index in [2.05, 4.69) is 37.1 Å². The quantitative estimate of drug-likeness (QED) is 0.909. The van der Waals surface area contributed by atoms with Gasteiger partial charge in [0.05, 0.1) is 5.69 Å². The number of aromatic carboxylic acids is 1. The number of rotatable bonds is 3. The molecule has 3 rings (SSSR count). The molecule has 0 amide bonds. The van der Waals surface area contributed by atoms with Crippen LogP contribution in [-0.2, 0) is 7.05 Å². The predicted molar refractivity (Wildman–Crippen MR) is 90.6 cm³/mol. The van der Waals surface area contributed by atoms with Crippen molar-refractivity contribution in [2.45, 2.75) is 45.4 Å². The molecule has 0 saturated heterocycles. The molecule has 1 fully saturated rings. The molecule has 2 aromatic rings. The Bertz CT molecular complexity index is 721. The number of nitrogens with zero attached hydrogens (tertiary/aromatic N) is 2. The van der Waals surface area contributed by atoms with Gasteiger partial charge in [-0.15, -0.1) is 0 Å². The molecule has 0 radical (unpaired) electrons. The van der Waals surface area contributed by atoms with Crippen LogP contribution in [0.25, 0.3) is 11.3 Å². The number of carboxylic acids is 1. The lowest BCUT2D eigenvalue weighted by Crippen LogP contribution is -2.20. The van der Waals surface area contributed by atoms with E-state index in [4.69, 9.17) is 5.11 Å². The van der Waals surface area contributed by atoms with Gasteiger partial charge >= 0.3 is 5.97 Å². The van der Waals surface area contributed by atoms with Crippen LogP contribution in [0.4, 0.5) is 0 Å². The fraction of sp³-hybridized carbons (Fsp3) is 0.474. The molecule has 1 aliphatic carbocycles. The third kappa shape index (κ3) is 3.16. The molecule has 1 aromatic heterocycles. The molecule has 1 saturated carbocycles.